The molecule has 0 heterocycles. The van der Waals surface area contributed by atoms with E-state index in [4.69, 9.17) is 14.2 Å². The number of rotatable bonds is 42. The highest BCUT2D eigenvalue weighted by Crippen LogP contribution is 2.15. The molecule has 1 atom stereocenters. The molecule has 0 aromatic carbocycles. The van der Waals surface area contributed by atoms with Gasteiger partial charge in [-0.1, -0.05) is 245 Å². The summed E-state index contributed by atoms with van der Waals surface area (Å²) >= 11 is 0. The van der Waals surface area contributed by atoms with Crippen LogP contribution in [0.15, 0.2) is 122 Å². The number of hydrogen-bond donors (Lipinski definition) is 0. The summed E-state index contributed by atoms with van der Waals surface area (Å²) in [5.41, 5.74) is 0. The van der Waals surface area contributed by atoms with Crippen molar-refractivity contribution in [3.05, 3.63) is 122 Å². The molecule has 0 amide bonds. The third-order valence-electron chi connectivity index (χ3n) is 9.94. The number of hydrogen-bond acceptors (Lipinski definition) is 6. The van der Waals surface area contributed by atoms with Gasteiger partial charge in [0.25, 0.3) is 0 Å². The molecule has 0 aliphatic carbocycles. The maximum Gasteiger partial charge on any atom is 0.309 e. The Hall–Kier alpha value is -4.19. The first-order valence-corrected chi connectivity index (χ1v) is 24.6. The van der Waals surface area contributed by atoms with Crippen molar-refractivity contribution < 1.29 is 28.6 Å². The average molecular weight is 857 g/mol. The van der Waals surface area contributed by atoms with E-state index < -0.39 is 12.1 Å². The Morgan fingerprint density at radius 2 is 0.758 bits per heavy atom. The van der Waals surface area contributed by atoms with E-state index in [1.807, 2.05) is 79.0 Å². The second-order valence-electron chi connectivity index (χ2n) is 15.8. The van der Waals surface area contributed by atoms with Crippen molar-refractivity contribution in [1.29, 1.82) is 0 Å². The van der Waals surface area contributed by atoms with Crippen LogP contribution in [0.1, 0.15) is 194 Å². The molecule has 0 aliphatic rings. The summed E-state index contributed by atoms with van der Waals surface area (Å²) in [6.45, 7) is 6.22. The zero-order valence-electron chi connectivity index (χ0n) is 39.6. The molecule has 0 fully saturated rings. The van der Waals surface area contributed by atoms with E-state index in [9.17, 15) is 14.4 Å². The number of unbranched alkanes of at least 4 members (excludes halogenated alkanes) is 18. The van der Waals surface area contributed by atoms with Crippen molar-refractivity contribution in [2.24, 2.45) is 0 Å². The lowest BCUT2D eigenvalue weighted by molar-refractivity contribution is -0.166. The highest BCUT2D eigenvalue weighted by Gasteiger charge is 2.19. The second kappa shape index (κ2) is 49.5. The van der Waals surface area contributed by atoms with Crippen LogP contribution in [-0.4, -0.2) is 37.2 Å². The van der Waals surface area contributed by atoms with Gasteiger partial charge < -0.3 is 14.2 Å². The molecule has 0 saturated heterocycles. The van der Waals surface area contributed by atoms with Crippen LogP contribution in [0.2, 0.25) is 0 Å². The van der Waals surface area contributed by atoms with Crippen molar-refractivity contribution in [1.82, 2.24) is 0 Å². The van der Waals surface area contributed by atoms with Crippen LogP contribution in [0.3, 0.4) is 0 Å². The smallest absolute Gasteiger partial charge is 0.309 e. The van der Waals surface area contributed by atoms with E-state index in [1.165, 1.54) is 83.5 Å². The fourth-order valence-electron chi connectivity index (χ4n) is 6.31. The number of allylic oxidation sites excluding steroid dienone is 19. The Labute approximate surface area is 380 Å². The van der Waals surface area contributed by atoms with Crippen LogP contribution >= 0.6 is 0 Å². The van der Waals surface area contributed by atoms with Gasteiger partial charge in [0.2, 0.25) is 0 Å². The number of carbonyl (C=O) groups excluding carboxylic acids is 3. The lowest BCUT2D eigenvalue weighted by Gasteiger charge is -2.18. The first kappa shape index (κ1) is 57.8. The lowest BCUT2D eigenvalue weighted by Crippen LogP contribution is -2.30. The normalized spacial score (nSPS) is 13.1. The van der Waals surface area contributed by atoms with Gasteiger partial charge in [-0.25, -0.2) is 0 Å². The molecule has 6 nitrogen and oxygen atoms in total. The zero-order valence-corrected chi connectivity index (χ0v) is 39.6. The minimum absolute atomic E-state index is 0.123. The van der Waals surface area contributed by atoms with Crippen molar-refractivity contribution in [3.8, 4) is 0 Å². The quantitative estimate of drug-likeness (QED) is 0.0200. The molecule has 0 rings (SSSR count). The van der Waals surface area contributed by atoms with Crippen molar-refractivity contribution in [2.75, 3.05) is 13.2 Å². The van der Waals surface area contributed by atoms with Crippen LogP contribution in [0, 0.1) is 0 Å². The van der Waals surface area contributed by atoms with E-state index in [1.54, 1.807) is 6.08 Å². The maximum absolute atomic E-state index is 12.8. The Bertz CT molecular complexity index is 1350. The van der Waals surface area contributed by atoms with Gasteiger partial charge >= 0.3 is 17.9 Å². The molecular formula is C56H88O6. The molecule has 0 spiro atoms. The van der Waals surface area contributed by atoms with Gasteiger partial charge in [-0.2, -0.15) is 0 Å². The lowest BCUT2D eigenvalue weighted by atomic mass is 10.0. The van der Waals surface area contributed by atoms with E-state index in [0.717, 1.165) is 64.2 Å². The Morgan fingerprint density at radius 1 is 0.371 bits per heavy atom. The van der Waals surface area contributed by atoms with E-state index >= 15 is 0 Å². The fraction of sp³-hybridized carbons (Fsp3) is 0.589. The standard InChI is InChI=1S/C56H88O6/c1-4-7-10-13-16-19-21-23-25-27-28-29-31-32-34-37-40-43-46-49-55(58)61-52-53(51-60-54(57)48-45-42-39-36-18-15-12-9-6-3)62-56(59)50-47-44-41-38-35-33-30-26-24-22-20-17-14-11-8-5-2/h7,9-10,12-13,16,18-19,21,23,25,27-29,31-32,34,36,42,45,53H,4-6,8,11,14-15,17,20,22,24,26,30,33,35,37-41,43-44,46-52H2,1-3H3/b10-7-,12-9-,16-13-,21-19-,25-23-,28-27+,31-29-,34-32-,36-18-,45-42-. The molecule has 6 heteroatoms. The van der Waals surface area contributed by atoms with Crippen LogP contribution in [0.25, 0.3) is 0 Å². The van der Waals surface area contributed by atoms with E-state index in [-0.39, 0.29) is 38.0 Å². The van der Waals surface area contributed by atoms with Gasteiger partial charge in [0.15, 0.2) is 6.10 Å². The van der Waals surface area contributed by atoms with Gasteiger partial charge in [-0.05, 0) is 51.4 Å². The van der Waals surface area contributed by atoms with Gasteiger partial charge in [0.05, 0.1) is 6.42 Å². The number of esters is 3. The van der Waals surface area contributed by atoms with E-state index in [0.29, 0.717) is 12.8 Å². The maximum atomic E-state index is 12.8. The Kier molecular flexibility index (Phi) is 46.1. The monoisotopic (exact) mass is 857 g/mol. The van der Waals surface area contributed by atoms with E-state index in [2.05, 4.69) is 57.2 Å². The van der Waals surface area contributed by atoms with Gasteiger partial charge in [0.1, 0.15) is 13.2 Å². The van der Waals surface area contributed by atoms with Crippen molar-refractivity contribution in [2.45, 2.75) is 200 Å². The Balaban J connectivity index is 4.50. The molecule has 1 unspecified atom stereocenters. The number of ether oxygens (including phenoxy) is 3. The largest absolute Gasteiger partial charge is 0.462 e. The van der Waals surface area contributed by atoms with Crippen LogP contribution in [0.4, 0.5) is 0 Å². The summed E-state index contributed by atoms with van der Waals surface area (Å²) in [7, 11) is 0. The fourth-order valence-corrected chi connectivity index (χ4v) is 6.31. The van der Waals surface area contributed by atoms with Gasteiger partial charge in [-0.3, -0.25) is 14.4 Å². The third kappa shape index (κ3) is 46.9. The predicted octanol–water partition coefficient (Wildman–Crippen LogP) is 16.1. The third-order valence-corrected chi connectivity index (χ3v) is 9.94. The topological polar surface area (TPSA) is 78.9 Å². The molecule has 0 bridgehead atoms. The molecular weight excluding hydrogens is 769 g/mol. The van der Waals surface area contributed by atoms with Crippen LogP contribution in [0.5, 0.6) is 0 Å². The Morgan fingerprint density at radius 3 is 1.26 bits per heavy atom. The second-order valence-corrected chi connectivity index (χ2v) is 15.8. The highest BCUT2D eigenvalue weighted by molar-refractivity contribution is 5.72. The molecule has 0 N–H and O–H groups in total. The SMILES string of the molecule is CC\C=C/C=C\C=C/C=C\C=C\C=C/C=C\CCCCCC(=O)OCC(COC(=O)C/C=C\C/C=C\C/C=C\CC)OC(=O)CCCCCCCCCCCCCCCCCC. The predicted molar refractivity (Wildman–Crippen MR) is 265 cm³/mol. The summed E-state index contributed by atoms with van der Waals surface area (Å²) in [4.78, 5) is 37.8. The average Bonchev–Trinajstić information content (AvgIpc) is 3.27. The summed E-state index contributed by atoms with van der Waals surface area (Å²) in [5.74, 6) is -1.11. The summed E-state index contributed by atoms with van der Waals surface area (Å²) in [6.07, 6.45) is 67.9. The summed E-state index contributed by atoms with van der Waals surface area (Å²) < 4.78 is 16.6. The van der Waals surface area contributed by atoms with Crippen molar-refractivity contribution in [3.63, 3.8) is 0 Å². The molecule has 0 aliphatic heterocycles. The summed E-state index contributed by atoms with van der Waals surface area (Å²) in [6, 6.07) is 0. The van der Waals surface area contributed by atoms with Gasteiger partial charge in [0, 0.05) is 12.8 Å². The van der Waals surface area contributed by atoms with Crippen LogP contribution < -0.4 is 0 Å². The van der Waals surface area contributed by atoms with Crippen molar-refractivity contribution >= 4 is 17.9 Å². The first-order valence-electron chi connectivity index (χ1n) is 24.6. The highest BCUT2D eigenvalue weighted by atomic mass is 16.6. The molecule has 62 heavy (non-hydrogen) atoms. The molecule has 348 valence electrons. The van der Waals surface area contributed by atoms with Gasteiger partial charge in [-0.15, -0.1) is 0 Å². The summed E-state index contributed by atoms with van der Waals surface area (Å²) in [5, 5.41) is 0. The first-order chi connectivity index (χ1) is 30.5. The minimum Gasteiger partial charge on any atom is -0.462 e. The molecule has 0 saturated carbocycles. The molecule has 0 radical (unpaired) electrons. The minimum atomic E-state index is -0.833. The molecule has 0 aromatic heterocycles. The molecule has 0 aromatic rings. The van der Waals surface area contributed by atoms with Crippen LogP contribution in [-0.2, 0) is 28.6 Å². The number of carbonyl (C=O) groups is 3. The zero-order chi connectivity index (χ0) is 45.1.